The minimum atomic E-state index is -1.40. The summed E-state index contributed by atoms with van der Waals surface area (Å²) < 4.78 is 0. The number of imidazole rings is 1. The van der Waals surface area contributed by atoms with Crippen molar-refractivity contribution in [2.24, 2.45) is 17.4 Å². The molecular formula is C50H69N15O9S2. The molecule has 15 N–H and O–H groups in total. The van der Waals surface area contributed by atoms with Gasteiger partial charge in [0.05, 0.1) is 6.33 Å². The lowest BCUT2D eigenvalue weighted by Gasteiger charge is -2.28. The molecule has 2 aromatic carbocycles. The lowest BCUT2D eigenvalue weighted by Crippen LogP contribution is -2.60. The van der Waals surface area contributed by atoms with E-state index in [0.717, 1.165) is 21.4 Å². The molecule has 24 nitrogen and oxygen atoms in total. The van der Waals surface area contributed by atoms with Crippen LogP contribution in [0.2, 0.25) is 0 Å². The predicted octanol–water partition coefficient (Wildman–Crippen LogP) is -0.386. The first-order valence-corrected chi connectivity index (χ1v) is 26.8. The highest BCUT2D eigenvalue weighted by Crippen LogP contribution is 2.21. The third-order valence-electron chi connectivity index (χ3n) is 12.4. The Hall–Kier alpha value is -7.61. The average Bonchev–Trinajstić information content (AvgIpc) is 4.12. The van der Waals surface area contributed by atoms with Gasteiger partial charge >= 0.3 is 6.03 Å². The normalized spacial score (nSPS) is 16.0. The molecular weight excluding hydrogens is 1020 g/mol. The summed E-state index contributed by atoms with van der Waals surface area (Å²) >= 11 is 5.52. The Morgan fingerprint density at radius 1 is 0.763 bits per heavy atom. The number of carbonyl (C=O) groups is 9. The van der Waals surface area contributed by atoms with Gasteiger partial charge < -0.3 is 64.0 Å². The molecule has 10 amide bonds. The van der Waals surface area contributed by atoms with Gasteiger partial charge in [-0.1, -0.05) is 62.4 Å². The van der Waals surface area contributed by atoms with E-state index in [-0.39, 0.29) is 62.0 Å². The van der Waals surface area contributed by atoms with E-state index in [1.807, 2.05) is 38.1 Å². The van der Waals surface area contributed by atoms with Crippen molar-refractivity contribution >= 4 is 94.5 Å². The fourth-order valence-electron chi connectivity index (χ4n) is 8.47. The van der Waals surface area contributed by atoms with Crippen molar-refractivity contribution in [3.63, 3.8) is 0 Å². The lowest BCUT2D eigenvalue weighted by atomic mass is 10.0. The van der Waals surface area contributed by atoms with Crippen LogP contribution in [0.1, 0.15) is 63.3 Å². The average molecular weight is 1090 g/mol. The molecule has 410 valence electrons. The summed E-state index contributed by atoms with van der Waals surface area (Å²) in [5.74, 6) is -6.50. The number of benzene rings is 2. The van der Waals surface area contributed by atoms with Gasteiger partial charge in [0, 0.05) is 59.9 Å². The number of imide groups is 1. The molecule has 0 bridgehead atoms. The van der Waals surface area contributed by atoms with Crippen LogP contribution < -0.4 is 54.0 Å². The number of thioether (sulfide) groups is 1. The number of aromatic nitrogens is 3. The first-order valence-electron chi connectivity index (χ1n) is 24.8. The number of thiol groups is 1. The zero-order valence-electron chi connectivity index (χ0n) is 42.8. The van der Waals surface area contributed by atoms with E-state index in [2.05, 4.69) is 70.1 Å². The van der Waals surface area contributed by atoms with E-state index >= 15 is 0 Å². The highest BCUT2D eigenvalue weighted by Gasteiger charge is 2.45. The maximum absolute atomic E-state index is 14.6. The number of aromatic amines is 2. The number of hydrogen-bond acceptors (Lipinski definition) is 13. The number of para-hydroxylation sites is 1. The van der Waals surface area contributed by atoms with E-state index in [1.54, 1.807) is 42.8 Å². The fraction of sp³-hybridized carbons (Fsp3) is 0.460. The van der Waals surface area contributed by atoms with Crippen molar-refractivity contribution in [1.29, 1.82) is 5.41 Å². The number of nitrogens with zero attached hydrogens (tertiary/aromatic N) is 2. The van der Waals surface area contributed by atoms with Crippen LogP contribution in [0.15, 0.2) is 73.3 Å². The molecule has 1 aliphatic heterocycles. The number of primary amides is 1. The molecule has 2 aromatic heterocycles. The van der Waals surface area contributed by atoms with Crippen molar-refractivity contribution in [1.82, 2.24) is 62.4 Å². The van der Waals surface area contributed by atoms with Crippen molar-refractivity contribution in [2.75, 3.05) is 24.3 Å². The number of urea groups is 1. The van der Waals surface area contributed by atoms with Gasteiger partial charge in [-0.2, -0.15) is 24.4 Å². The van der Waals surface area contributed by atoms with Gasteiger partial charge in [0.15, 0.2) is 5.96 Å². The third kappa shape index (κ3) is 17.2. The largest absolute Gasteiger partial charge is 0.370 e. The molecule has 76 heavy (non-hydrogen) atoms. The van der Waals surface area contributed by atoms with Crippen molar-refractivity contribution < 1.29 is 43.2 Å². The number of nitrogens with two attached hydrogens (primary N) is 2. The number of hydrogen-bond donors (Lipinski definition) is 14. The molecule has 1 aliphatic rings. The SMILES string of the molecule is CSC[C@H](NC(=O)[C@H](CCc1c[nH]c2ccccc12)NC(=O)[C@H](CCCNC(=N)N)NC(=O)[C@@H](Cc1ccccc1)NC(=O)[C@H](Cc1cnc[nH]1)NC(=O)[C@@H](C)NC(=O)[C@H](CS)N1C(=O)N[C@@H](CC(C)C)C1=O)C(N)=O. The second-order valence-corrected chi connectivity index (χ2v) is 20.1. The minimum Gasteiger partial charge on any atom is -0.370 e. The number of aryl methyl sites for hydroxylation is 1. The van der Waals surface area contributed by atoms with Gasteiger partial charge in [-0.15, -0.1) is 0 Å². The van der Waals surface area contributed by atoms with Gasteiger partial charge in [-0.05, 0) is 68.4 Å². The second kappa shape index (κ2) is 28.9. The number of carbonyl (C=O) groups excluding carboxylic acids is 9. The summed E-state index contributed by atoms with van der Waals surface area (Å²) in [5.41, 5.74) is 13.9. The minimum absolute atomic E-state index is 0.0393. The van der Waals surface area contributed by atoms with Crippen molar-refractivity contribution in [2.45, 2.75) is 114 Å². The molecule has 3 heterocycles. The monoisotopic (exact) mass is 1090 g/mol. The molecule has 26 heteroatoms. The van der Waals surface area contributed by atoms with Crippen molar-refractivity contribution in [3.8, 4) is 0 Å². The molecule has 0 unspecified atom stereocenters. The molecule has 1 saturated heterocycles. The van der Waals surface area contributed by atoms with E-state index in [4.69, 9.17) is 16.9 Å². The van der Waals surface area contributed by atoms with Gasteiger partial charge in [-0.3, -0.25) is 43.8 Å². The number of fused-ring (bicyclic) bond motifs is 1. The molecule has 5 rings (SSSR count). The number of rotatable bonds is 30. The highest BCUT2D eigenvalue weighted by atomic mass is 32.2. The third-order valence-corrected chi connectivity index (χ3v) is 13.5. The predicted molar refractivity (Wildman–Crippen MR) is 289 cm³/mol. The maximum Gasteiger partial charge on any atom is 0.325 e. The number of nitrogens with one attached hydrogen (secondary N) is 11. The Morgan fingerprint density at radius 2 is 1.37 bits per heavy atom. The molecule has 0 saturated carbocycles. The van der Waals surface area contributed by atoms with Crippen LogP contribution >= 0.6 is 24.4 Å². The Morgan fingerprint density at radius 3 is 1.99 bits per heavy atom. The first-order chi connectivity index (χ1) is 36.3. The van der Waals surface area contributed by atoms with Gasteiger partial charge in [0.25, 0.3) is 5.91 Å². The Kier molecular flexibility index (Phi) is 22.5. The van der Waals surface area contributed by atoms with Gasteiger partial charge in [0.2, 0.25) is 41.4 Å². The topological polar surface area (TPSA) is 373 Å². The summed E-state index contributed by atoms with van der Waals surface area (Å²) in [4.78, 5) is 134. The van der Waals surface area contributed by atoms with Crippen LogP contribution in [0.3, 0.4) is 0 Å². The molecule has 0 radical (unpaired) electrons. The number of amides is 10. The molecule has 8 atom stereocenters. The number of H-pyrrole nitrogens is 2. The van der Waals surface area contributed by atoms with Crippen LogP contribution in [-0.2, 0) is 57.6 Å². The standard InChI is InChI=1S/C50H69N15O9S2/c1-27(2)19-38-48(73)65(50(74)64-38)40(24-75)47(72)58-28(3)42(67)61-37(21-31-23-54-26-57-31)46(71)62-36(20-29-11-6-5-7-12-29)45(70)59-34(15-10-18-55-49(52)53)43(68)60-35(44(69)63-39(25-76-4)41(51)66)17-16-30-22-56-33-14-9-8-13-32(30)33/h5-9,11-14,22-23,26-28,34-40,56,75H,10,15-21,24-25H2,1-4H3,(H2,51,66)(H,54,57)(H,58,72)(H,59,70)(H,60,68)(H,61,67)(H,62,71)(H,63,69)(H,64,74)(H4,52,53,55)/t28-,34+,35+,36-,37+,38+,39+,40+/m1/s1. The summed E-state index contributed by atoms with van der Waals surface area (Å²) in [6, 6.07) is 5.56. The Bertz CT molecular complexity index is 2670. The molecule has 1 fully saturated rings. The van der Waals surface area contributed by atoms with Crippen LogP contribution in [0.25, 0.3) is 10.9 Å². The molecule has 4 aromatic rings. The zero-order valence-corrected chi connectivity index (χ0v) is 44.5. The van der Waals surface area contributed by atoms with Crippen LogP contribution in [0.5, 0.6) is 0 Å². The van der Waals surface area contributed by atoms with Gasteiger partial charge in [-0.25, -0.2) is 14.7 Å². The highest BCUT2D eigenvalue weighted by molar-refractivity contribution is 7.98. The molecule has 0 spiro atoms. The smallest absolute Gasteiger partial charge is 0.325 e. The van der Waals surface area contributed by atoms with E-state index in [9.17, 15) is 43.2 Å². The summed E-state index contributed by atoms with van der Waals surface area (Å²) in [6.45, 7) is 5.25. The van der Waals surface area contributed by atoms with E-state index < -0.39 is 102 Å². The fourth-order valence-corrected chi connectivity index (χ4v) is 9.38. The van der Waals surface area contributed by atoms with Crippen LogP contribution in [0, 0.1) is 11.3 Å². The number of guanidine groups is 1. The lowest BCUT2D eigenvalue weighted by molar-refractivity contribution is -0.137. The zero-order chi connectivity index (χ0) is 55.5. The maximum atomic E-state index is 14.6. The quantitative estimate of drug-likeness (QED) is 0.0104. The first kappa shape index (κ1) is 59.3. The summed E-state index contributed by atoms with van der Waals surface area (Å²) in [7, 11) is 0. The Balaban J connectivity index is 1.38. The summed E-state index contributed by atoms with van der Waals surface area (Å²) in [5, 5.41) is 29.9. The summed E-state index contributed by atoms with van der Waals surface area (Å²) in [6.07, 6.45) is 6.97. The van der Waals surface area contributed by atoms with E-state index in [1.165, 1.54) is 31.2 Å². The van der Waals surface area contributed by atoms with E-state index in [0.29, 0.717) is 24.1 Å². The second-order valence-electron chi connectivity index (χ2n) is 18.8. The van der Waals surface area contributed by atoms with Crippen LogP contribution in [-0.4, -0.2) is 152 Å². The van der Waals surface area contributed by atoms with Gasteiger partial charge in [0.1, 0.15) is 48.3 Å². The Labute approximate surface area is 449 Å². The van der Waals surface area contributed by atoms with Crippen molar-refractivity contribution in [3.05, 3.63) is 90.1 Å². The van der Waals surface area contributed by atoms with Crippen LogP contribution in [0.4, 0.5) is 4.79 Å². The molecule has 0 aliphatic carbocycles.